The molecule has 0 aliphatic carbocycles. The van der Waals surface area contributed by atoms with Crippen LogP contribution in [0.25, 0.3) is 11.1 Å². The summed E-state index contributed by atoms with van der Waals surface area (Å²) in [7, 11) is 1.34. The summed E-state index contributed by atoms with van der Waals surface area (Å²) in [5, 5.41) is 0. The molecule has 0 fully saturated rings. The van der Waals surface area contributed by atoms with E-state index in [9.17, 15) is 13.6 Å². The Morgan fingerprint density at radius 3 is 2.61 bits per heavy atom. The molecule has 1 aromatic carbocycles. The van der Waals surface area contributed by atoms with Gasteiger partial charge in [0.25, 0.3) is 0 Å². The van der Waals surface area contributed by atoms with E-state index >= 15 is 0 Å². The second-order valence-corrected chi connectivity index (χ2v) is 3.51. The van der Waals surface area contributed by atoms with Crippen molar-refractivity contribution in [3.8, 4) is 17.0 Å². The van der Waals surface area contributed by atoms with Gasteiger partial charge in [-0.15, -0.1) is 0 Å². The van der Waals surface area contributed by atoms with E-state index in [0.29, 0.717) is 11.8 Å². The zero-order valence-corrected chi connectivity index (χ0v) is 9.48. The second-order valence-electron chi connectivity index (χ2n) is 3.51. The number of nitrogens with zero attached hydrogens (tertiary/aromatic N) is 1. The molecule has 92 valence electrons. The topological polar surface area (TPSA) is 39.2 Å². The highest BCUT2D eigenvalue weighted by Crippen LogP contribution is 2.31. The number of methoxy groups -OCH3 is 1. The highest BCUT2D eigenvalue weighted by Gasteiger charge is 2.15. The minimum absolute atomic E-state index is 0.0387. The van der Waals surface area contributed by atoms with Crippen molar-refractivity contribution in [3.63, 3.8) is 0 Å². The number of pyridine rings is 1. The molecule has 0 saturated heterocycles. The molecular formula is C13H9F2NO2. The van der Waals surface area contributed by atoms with Gasteiger partial charge >= 0.3 is 0 Å². The molecule has 5 heteroatoms. The Hall–Kier alpha value is -2.30. The van der Waals surface area contributed by atoms with Gasteiger partial charge in [-0.2, -0.15) is 0 Å². The van der Waals surface area contributed by atoms with Gasteiger partial charge in [-0.3, -0.25) is 4.79 Å². The van der Waals surface area contributed by atoms with Crippen LogP contribution in [0.3, 0.4) is 0 Å². The number of carbonyl (C=O) groups excluding carboxylic acids is 1. The molecule has 1 aromatic heterocycles. The van der Waals surface area contributed by atoms with Crippen LogP contribution in [0.5, 0.6) is 5.88 Å². The van der Waals surface area contributed by atoms with Gasteiger partial charge in [0.15, 0.2) is 17.9 Å². The molecule has 2 rings (SSSR count). The van der Waals surface area contributed by atoms with Crippen molar-refractivity contribution in [3.05, 3.63) is 47.7 Å². The smallest absolute Gasteiger partial charge is 0.221 e. The Balaban J connectivity index is 2.63. The van der Waals surface area contributed by atoms with Crippen LogP contribution in [0.2, 0.25) is 0 Å². The van der Waals surface area contributed by atoms with Crippen molar-refractivity contribution >= 4 is 6.29 Å². The first-order valence-electron chi connectivity index (χ1n) is 5.12. The fourth-order valence-corrected chi connectivity index (χ4v) is 1.59. The van der Waals surface area contributed by atoms with Crippen molar-refractivity contribution in [2.75, 3.05) is 7.11 Å². The average Bonchev–Trinajstić information content (AvgIpc) is 2.41. The lowest BCUT2D eigenvalue weighted by Crippen LogP contribution is -1.97. The maximum Gasteiger partial charge on any atom is 0.221 e. The number of ether oxygens (including phenoxy) is 1. The molecular weight excluding hydrogens is 240 g/mol. The zero-order valence-electron chi connectivity index (χ0n) is 9.48. The molecule has 1 heterocycles. The predicted molar refractivity (Wildman–Crippen MR) is 61.5 cm³/mol. The van der Waals surface area contributed by atoms with E-state index in [2.05, 4.69) is 4.98 Å². The summed E-state index contributed by atoms with van der Waals surface area (Å²) in [6, 6.07) is 6.71. The zero-order chi connectivity index (χ0) is 13.1. The van der Waals surface area contributed by atoms with Crippen LogP contribution < -0.4 is 4.74 Å². The fraction of sp³-hybridized carbons (Fsp3) is 0.0769. The molecule has 0 spiro atoms. The van der Waals surface area contributed by atoms with Gasteiger partial charge in [0.1, 0.15) is 5.69 Å². The van der Waals surface area contributed by atoms with E-state index in [1.165, 1.54) is 31.4 Å². The summed E-state index contributed by atoms with van der Waals surface area (Å²) in [6.45, 7) is 0. The number of halogens is 2. The first-order chi connectivity index (χ1) is 8.67. The Morgan fingerprint density at radius 2 is 1.94 bits per heavy atom. The summed E-state index contributed by atoms with van der Waals surface area (Å²) in [4.78, 5) is 14.5. The van der Waals surface area contributed by atoms with Gasteiger partial charge in [0, 0.05) is 11.1 Å². The van der Waals surface area contributed by atoms with Crippen LogP contribution >= 0.6 is 0 Å². The molecule has 18 heavy (non-hydrogen) atoms. The molecule has 2 aromatic rings. The van der Waals surface area contributed by atoms with Crippen molar-refractivity contribution in [1.29, 1.82) is 0 Å². The third kappa shape index (κ3) is 2.07. The van der Waals surface area contributed by atoms with Gasteiger partial charge in [0.05, 0.1) is 7.11 Å². The van der Waals surface area contributed by atoms with Crippen molar-refractivity contribution < 1.29 is 18.3 Å². The molecule has 0 bridgehead atoms. The summed E-state index contributed by atoms with van der Waals surface area (Å²) in [5.41, 5.74) is 0.490. The van der Waals surface area contributed by atoms with Crippen LogP contribution in [0.1, 0.15) is 10.5 Å². The summed E-state index contributed by atoms with van der Waals surface area (Å²) in [5.74, 6) is -1.85. The summed E-state index contributed by atoms with van der Waals surface area (Å²) >= 11 is 0. The lowest BCUT2D eigenvalue weighted by molar-refractivity contribution is 0.111. The van der Waals surface area contributed by atoms with Crippen molar-refractivity contribution in [2.24, 2.45) is 0 Å². The van der Waals surface area contributed by atoms with E-state index in [1.54, 1.807) is 0 Å². The van der Waals surface area contributed by atoms with Crippen LogP contribution in [-0.2, 0) is 0 Å². The lowest BCUT2D eigenvalue weighted by Gasteiger charge is -2.09. The van der Waals surface area contributed by atoms with Crippen LogP contribution in [0.4, 0.5) is 8.78 Å². The molecule has 0 saturated carbocycles. The lowest BCUT2D eigenvalue weighted by atomic mass is 10.1. The highest BCUT2D eigenvalue weighted by molar-refractivity contribution is 5.76. The Labute approximate surface area is 102 Å². The van der Waals surface area contributed by atoms with E-state index < -0.39 is 11.6 Å². The minimum Gasteiger partial charge on any atom is -0.481 e. The summed E-state index contributed by atoms with van der Waals surface area (Å²) in [6.07, 6.45) is 0.550. The van der Waals surface area contributed by atoms with Crippen molar-refractivity contribution in [1.82, 2.24) is 4.98 Å². The Kier molecular flexibility index (Phi) is 3.32. The quantitative estimate of drug-likeness (QED) is 0.785. The van der Waals surface area contributed by atoms with Gasteiger partial charge in [-0.05, 0) is 18.2 Å². The fourth-order valence-electron chi connectivity index (χ4n) is 1.59. The predicted octanol–water partition coefficient (Wildman–Crippen LogP) is 2.85. The van der Waals surface area contributed by atoms with Gasteiger partial charge in [-0.25, -0.2) is 13.8 Å². The number of hydrogen-bond acceptors (Lipinski definition) is 3. The Bertz CT molecular complexity index is 600. The third-order valence-corrected chi connectivity index (χ3v) is 2.44. The van der Waals surface area contributed by atoms with E-state index in [0.717, 1.165) is 6.07 Å². The normalized spacial score (nSPS) is 10.2. The first kappa shape index (κ1) is 12.2. The van der Waals surface area contributed by atoms with E-state index in [4.69, 9.17) is 4.74 Å². The van der Waals surface area contributed by atoms with Gasteiger partial charge < -0.3 is 4.74 Å². The largest absolute Gasteiger partial charge is 0.481 e. The van der Waals surface area contributed by atoms with E-state index in [-0.39, 0.29) is 17.1 Å². The van der Waals surface area contributed by atoms with E-state index in [1.807, 2.05) is 0 Å². The Morgan fingerprint density at radius 1 is 1.17 bits per heavy atom. The molecule has 0 amide bonds. The number of hydrogen-bond donors (Lipinski definition) is 0. The third-order valence-electron chi connectivity index (χ3n) is 2.44. The summed E-state index contributed by atoms with van der Waals surface area (Å²) < 4.78 is 31.8. The maximum absolute atomic E-state index is 13.7. The average molecular weight is 249 g/mol. The van der Waals surface area contributed by atoms with Gasteiger partial charge in [0.2, 0.25) is 5.88 Å². The number of carbonyl (C=O) groups is 1. The number of aromatic nitrogens is 1. The van der Waals surface area contributed by atoms with Crippen LogP contribution in [-0.4, -0.2) is 18.4 Å². The molecule has 0 unspecified atom stereocenters. The first-order valence-corrected chi connectivity index (χ1v) is 5.12. The SMILES string of the molecule is COc1nc(C=O)ccc1-c1cccc(F)c1F. The van der Waals surface area contributed by atoms with Crippen molar-refractivity contribution in [2.45, 2.75) is 0 Å². The number of rotatable bonds is 3. The molecule has 0 aliphatic heterocycles. The molecule has 3 nitrogen and oxygen atoms in total. The van der Waals surface area contributed by atoms with Crippen LogP contribution in [0, 0.1) is 11.6 Å². The van der Waals surface area contributed by atoms with Crippen LogP contribution in [0.15, 0.2) is 30.3 Å². The van der Waals surface area contributed by atoms with Gasteiger partial charge in [-0.1, -0.05) is 12.1 Å². The number of benzene rings is 1. The minimum atomic E-state index is -0.976. The molecule has 0 N–H and O–H groups in total. The molecule has 0 radical (unpaired) electrons. The second kappa shape index (κ2) is 4.91. The standard InChI is InChI=1S/C13H9F2NO2/c1-18-13-10(6-5-8(7-17)16-13)9-3-2-4-11(14)12(9)15/h2-7H,1H3. The molecule has 0 aliphatic rings. The monoisotopic (exact) mass is 249 g/mol. The molecule has 0 atom stereocenters. The maximum atomic E-state index is 13.7. The highest BCUT2D eigenvalue weighted by atomic mass is 19.2. The number of aldehydes is 1.